The fraction of sp³-hybridized carbons (Fsp3) is 0.476. The van der Waals surface area contributed by atoms with Gasteiger partial charge >= 0.3 is 41.6 Å². The molecule has 4 rings (SSSR count). The van der Waals surface area contributed by atoms with Crippen molar-refractivity contribution in [2.45, 2.75) is 42.1 Å². The standard InChI is InChI=1S/C21H25N5O8S2.Na.H2O/c1-21(2)14(18(29)30)26-16(28)13(17(26)35-21)22-15(27)12(11-7-5-4-6-8-11)23-19(31)24-9-10-25(20(24)32)36(3,33)34;;/h4-8,12-14,17H,9-10H2,1-3H3,(H,22,27)(H,23,31)(H,29,30);;1H2/q;+1;/p-1/t12-,13-,14+,17-;;/m1../s1. The molecule has 202 valence electrons. The third kappa shape index (κ3) is 5.65. The summed E-state index contributed by atoms with van der Waals surface area (Å²) in [7, 11) is -3.87. The summed E-state index contributed by atoms with van der Waals surface area (Å²) < 4.78 is 23.2. The molecule has 3 saturated heterocycles. The number of rotatable bonds is 6. The Morgan fingerprint density at radius 3 is 2.26 bits per heavy atom. The molecule has 38 heavy (non-hydrogen) atoms. The van der Waals surface area contributed by atoms with Gasteiger partial charge < -0.3 is 30.9 Å². The van der Waals surface area contributed by atoms with Crippen LogP contribution in [0.15, 0.2) is 30.3 Å². The van der Waals surface area contributed by atoms with E-state index in [2.05, 4.69) is 10.6 Å². The minimum atomic E-state index is -3.87. The van der Waals surface area contributed by atoms with E-state index in [1.807, 2.05) is 0 Å². The fourth-order valence-electron chi connectivity index (χ4n) is 4.52. The van der Waals surface area contributed by atoms with Gasteiger partial charge in [-0.3, -0.25) is 9.59 Å². The van der Waals surface area contributed by atoms with Crippen LogP contribution >= 0.6 is 11.8 Å². The number of carboxylic acids is 1. The molecule has 3 aliphatic rings. The van der Waals surface area contributed by atoms with E-state index >= 15 is 0 Å². The van der Waals surface area contributed by atoms with Crippen molar-refractivity contribution >= 4 is 51.6 Å². The number of fused-ring (bicyclic) bond motifs is 1. The Kier molecular flexibility index (Phi) is 9.55. The molecule has 0 aromatic heterocycles. The van der Waals surface area contributed by atoms with E-state index in [1.165, 1.54) is 16.7 Å². The number of imide groups is 1. The van der Waals surface area contributed by atoms with Gasteiger partial charge in [0, 0.05) is 4.75 Å². The molecule has 1 aromatic carbocycles. The van der Waals surface area contributed by atoms with Gasteiger partial charge in [0.1, 0.15) is 17.5 Å². The summed E-state index contributed by atoms with van der Waals surface area (Å²) in [6.45, 7) is 2.92. The number of benzene rings is 1. The van der Waals surface area contributed by atoms with Crippen LogP contribution in [0.5, 0.6) is 0 Å². The first kappa shape index (κ1) is 31.8. The number of carbonyl (C=O) groups is 5. The maximum absolute atomic E-state index is 13.3. The number of carbonyl (C=O) groups excluding carboxylic acids is 5. The van der Waals surface area contributed by atoms with E-state index in [4.69, 9.17) is 0 Å². The third-order valence-corrected chi connectivity index (χ3v) is 8.95. The minimum Gasteiger partial charge on any atom is -0.548 e. The summed E-state index contributed by atoms with van der Waals surface area (Å²) in [5.41, 5.74) is 0.352. The average Bonchev–Trinajstić information content (AvgIpc) is 3.31. The minimum absolute atomic E-state index is 0. The molecule has 0 saturated carbocycles. The number of carboxylic acid groups (broad SMARTS) is 1. The molecule has 0 radical (unpaired) electrons. The van der Waals surface area contributed by atoms with Crippen molar-refractivity contribution in [2.24, 2.45) is 0 Å². The zero-order valence-electron chi connectivity index (χ0n) is 21.0. The summed E-state index contributed by atoms with van der Waals surface area (Å²) in [5.74, 6) is -2.73. The third-order valence-electron chi connectivity index (χ3n) is 6.24. The summed E-state index contributed by atoms with van der Waals surface area (Å²) in [4.78, 5) is 64.8. The summed E-state index contributed by atoms with van der Waals surface area (Å²) in [6, 6.07) is 2.56. The van der Waals surface area contributed by atoms with E-state index in [9.17, 15) is 37.5 Å². The van der Waals surface area contributed by atoms with Crippen LogP contribution in [0.4, 0.5) is 9.59 Å². The number of β-lactam (4-membered cyclic amide) rings is 1. The maximum Gasteiger partial charge on any atom is 1.00 e. The normalized spacial score (nSPS) is 24.4. The van der Waals surface area contributed by atoms with Gasteiger partial charge in [-0.1, -0.05) is 30.3 Å². The predicted octanol–water partition coefficient (Wildman–Crippen LogP) is -5.39. The molecular weight excluding hydrogens is 553 g/mol. The molecule has 3 aliphatic heterocycles. The maximum atomic E-state index is 13.3. The number of amides is 6. The van der Waals surface area contributed by atoms with Crippen LogP contribution in [-0.4, -0.2) is 99.4 Å². The van der Waals surface area contributed by atoms with Gasteiger partial charge in [-0.05, 0) is 19.4 Å². The molecule has 3 heterocycles. The van der Waals surface area contributed by atoms with Crippen molar-refractivity contribution in [2.75, 3.05) is 19.3 Å². The number of thioether (sulfide) groups is 1. The predicted molar refractivity (Wildman–Crippen MR) is 128 cm³/mol. The average molecular weight is 580 g/mol. The van der Waals surface area contributed by atoms with Crippen molar-refractivity contribution < 1.29 is 72.5 Å². The molecule has 4 N–H and O–H groups in total. The van der Waals surface area contributed by atoms with Crippen LogP contribution in [0.1, 0.15) is 25.5 Å². The van der Waals surface area contributed by atoms with Gasteiger partial charge in [0.2, 0.25) is 21.8 Å². The Morgan fingerprint density at radius 1 is 1.13 bits per heavy atom. The second kappa shape index (κ2) is 11.4. The van der Waals surface area contributed by atoms with Gasteiger partial charge in [0.15, 0.2) is 0 Å². The molecular formula is C21H26N5NaO9S2. The second-order valence-corrected chi connectivity index (χ2v) is 12.8. The van der Waals surface area contributed by atoms with Crippen molar-refractivity contribution in [1.29, 1.82) is 0 Å². The second-order valence-electron chi connectivity index (χ2n) is 9.13. The molecule has 1 aromatic rings. The first-order chi connectivity index (χ1) is 16.7. The van der Waals surface area contributed by atoms with Crippen LogP contribution in [0.2, 0.25) is 0 Å². The molecule has 0 bridgehead atoms. The molecule has 0 spiro atoms. The van der Waals surface area contributed by atoms with Crippen LogP contribution in [-0.2, 0) is 24.4 Å². The van der Waals surface area contributed by atoms with Crippen molar-refractivity contribution in [3.8, 4) is 0 Å². The summed E-state index contributed by atoms with van der Waals surface area (Å²) >= 11 is 1.22. The van der Waals surface area contributed by atoms with Crippen molar-refractivity contribution in [1.82, 2.24) is 24.7 Å². The first-order valence-corrected chi connectivity index (χ1v) is 13.6. The van der Waals surface area contributed by atoms with Crippen molar-refractivity contribution in [3.63, 3.8) is 0 Å². The first-order valence-electron chi connectivity index (χ1n) is 10.9. The van der Waals surface area contributed by atoms with Crippen LogP contribution in [0, 0.1) is 0 Å². The topological polar surface area (TPSA) is 208 Å². The fourth-order valence-corrected chi connectivity index (χ4v) is 6.94. The van der Waals surface area contributed by atoms with Gasteiger partial charge in [0.05, 0.1) is 31.4 Å². The van der Waals surface area contributed by atoms with E-state index in [0.717, 1.165) is 6.26 Å². The number of sulfonamides is 1. The van der Waals surface area contributed by atoms with Gasteiger partial charge in [0.25, 0.3) is 0 Å². The monoisotopic (exact) mass is 579 g/mol. The molecule has 0 aliphatic carbocycles. The van der Waals surface area contributed by atoms with Crippen molar-refractivity contribution in [3.05, 3.63) is 35.9 Å². The van der Waals surface area contributed by atoms with Crippen LogP contribution in [0.25, 0.3) is 0 Å². The SMILES string of the molecule is CC1(C)S[C@@H]2[C@H](NC(=O)[C@H](NC(=O)N3CCN(S(C)(=O)=O)C3=O)c3ccccc3)C(=O)N2[C@H]1C(=O)[O-].O.[Na+]. The van der Waals surface area contributed by atoms with Crippen LogP contribution in [0.3, 0.4) is 0 Å². The summed E-state index contributed by atoms with van der Waals surface area (Å²) in [6.07, 6.45) is 0.846. The zero-order valence-corrected chi connectivity index (χ0v) is 24.7. The molecule has 0 unspecified atom stereocenters. The molecule has 14 nitrogen and oxygen atoms in total. The number of nitrogens with zero attached hydrogens (tertiary/aromatic N) is 3. The zero-order chi connectivity index (χ0) is 26.6. The van der Waals surface area contributed by atoms with E-state index < -0.39 is 68.1 Å². The molecule has 17 heteroatoms. The van der Waals surface area contributed by atoms with E-state index in [-0.39, 0.29) is 48.1 Å². The van der Waals surface area contributed by atoms with Gasteiger partial charge in [-0.25, -0.2) is 27.2 Å². The molecule has 4 atom stereocenters. The number of hydrogen-bond donors (Lipinski definition) is 2. The van der Waals surface area contributed by atoms with E-state index in [1.54, 1.807) is 44.2 Å². The molecule has 3 fully saturated rings. The van der Waals surface area contributed by atoms with Crippen LogP contribution < -0.4 is 45.3 Å². The van der Waals surface area contributed by atoms with E-state index in [0.29, 0.717) is 14.8 Å². The largest absolute Gasteiger partial charge is 1.00 e. The Hall–Kier alpha value is -2.37. The smallest absolute Gasteiger partial charge is 0.548 e. The Labute approximate surface area is 245 Å². The van der Waals surface area contributed by atoms with Gasteiger partial charge in [-0.15, -0.1) is 11.8 Å². The Bertz CT molecular complexity index is 1250. The number of urea groups is 2. The summed E-state index contributed by atoms with van der Waals surface area (Å²) in [5, 5.41) is 16.0. The Balaban J connectivity index is 0.00000253. The van der Waals surface area contributed by atoms with Gasteiger partial charge in [-0.2, -0.15) is 0 Å². The number of nitrogens with one attached hydrogen (secondary N) is 2. The number of aliphatic carboxylic acids is 1. The molecule has 6 amide bonds. The number of hydrogen-bond acceptors (Lipinski definition) is 9. The Morgan fingerprint density at radius 2 is 1.74 bits per heavy atom. The quantitative estimate of drug-likeness (QED) is 0.243.